The zero-order chi connectivity index (χ0) is 13.5. The molecular formula is C14H22N2O2. The Labute approximate surface area is 109 Å². The molecule has 0 bridgehead atoms. The Kier molecular flexibility index (Phi) is 5.49. The summed E-state index contributed by atoms with van der Waals surface area (Å²) in [5.41, 5.74) is 7.84. The topological polar surface area (TPSA) is 64.3 Å². The molecule has 0 amide bonds. The van der Waals surface area contributed by atoms with E-state index in [0.29, 0.717) is 23.9 Å². The molecule has 0 aliphatic heterocycles. The second-order valence-electron chi connectivity index (χ2n) is 4.39. The first-order valence-corrected chi connectivity index (χ1v) is 6.41. The van der Waals surface area contributed by atoms with E-state index in [1.54, 1.807) is 12.1 Å². The standard InChI is InChI=1S/C14H22N2O2/c1-4-8-18-14(17)11-6-7-13(12(15)9-11)16-10(3)5-2/h6-7,9-10,16H,4-5,8,15H2,1-3H3/t10-/m1/s1. The average molecular weight is 250 g/mol. The summed E-state index contributed by atoms with van der Waals surface area (Å²) >= 11 is 0. The number of benzene rings is 1. The van der Waals surface area contributed by atoms with Gasteiger partial charge in [-0.1, -0.05) is 13.8 Å². The average Bonchev–Trinajstić information content (AvgIpc) is 2.38. The van der Waals surface area contributed by atoms with Crippen LogP contribution in [0, 0.1) is 0 Å². The van der Waals surface area contributed by atoms with Crippen molar-refractivity contribution >= 4 is 17.3 Å². The Hall–Kier alpha value is -1.71. The smallest absolute Gasteiger partial charge is 0.338 e. The normalized spacial score (nSPS) is 11.9. The largest absolute Gasteiger partial charge is 0.462 e. The van der Waals surface area contributed by atoms with Crippen molar-refractivity contribution in [3.8, 4) is 0 Å². The van der Waals surface area contributed by atoms with Crippen molar-refractivity contribution in [3.63, 3.8) is 0 Å². The van der Waals surface area contributed by atoms with Crippen LogP contribution in [0.25, 0.3) is 0 Å². The lowest BCUT2D eigenvalue weighted by atomic mass is 10.1. The fourth-order valence-corrected chi connectivity index (χ4v) is 1.47. The summed E-state index contributed by atoms with van der Waals surface area (Å²) in [6.45, 7) is 6.58. The van der Waals surface area contributed by atoms with Crippen molar-refractivity contribution in [1.29, 1.82) is 0 Å². The summed E-state index contributed by atoms with van der Waals surface area (Å²) < 4.78 is 5.06. The minimum absolute atomic E-state index is 0.321. The van der Waals surface area contributed by atoms with Crippen LogP contribution >= 0.6 is 0 Å². The van der Waals surface area contributed by atoms with Gasteiger partial charge in [-0.05, 0) is 38.0 Å². The lowest BCUT2D eigenvalue weighted by molar-refractivity contribution is 0.0505. The van der Waals surface area contributed by atoms with Crippen molar-refractivity contribution in [1.82, 2.24) is 0 Å². The predicted molar refractivity (Wildman–Crippen MR) is 74.8 cm³/mol. The summed E-state index contributed by atoms with van der Waals surface area (Å²) in [5.74, 6) is -0.321. The van der Waals surface area contributed by atoms with Gasteiger partial charge < -0.3 is 15.8 Å². The highest BCUT2D eigenvalue weighted by Crippen LogP contribution is 2.21. The number of nitrogens with one attached hydrogen (secondary N) is 1. The molecule has 4 heteroatoms. The van der Waals surface area contributed by atoms with Crippen molar-refractivity contribution in [2.75, 3.05) is 17.7 Å². The van der Waals surface area contributed by atoms with E-state index in [-0.39, 0.29) is 5.97 Å². The van der Waals surface area contributed by atoms with E-state index in [2.05, 4.69) is 19.2 Å². The van der Waals surface area contributed by atoms with E-state index in [9.17, 15) is 4.79 Å². The van der Waals surface area contributed by atoms with E-state index in [1.807, 2.05) is 13.0 Å². The van der Waals surface area contributed by atoms with Crippen LogP contribution in [0.3, 0.4) is 0 Å². The Balaban J connectivity index is 2.75. The third-order valence-corrected chi connectivity index (χ3v) is 2.74. The number of nitrogens with two attached hydrogens (primary N) is 1. The van der Waals surface area contributed by atoms with E-state index in [1.165, 1.54) is 0 Å². The highest BCUT2D eigenvalue weighted by molar-refractivity contribution is 5.91. The number of anilines is 2. The van der Waals surface area contributed by atoms with Gasteiger partial charge in [0.15, 0.2) is 0 Å². The number of carbonyl (C=O) groups excluding carboxylic acids is 1. The molecular weight excluding hydrogens is 228 g/mol. The van der Waals surface area contributed by atoms with Crippen LogP contribution in [0.5, 0.6) is 0 Å². The maximum Gasteiger partial charge on any atom is 0.338 e. The quantitative estimate of drug-likeness (QED) is 0.601. The zero-order valence-corrected chi connectivity index (χ0v) is 11.3. The third kappa shape index (κ3) is 3.95. The molecule has 0 heterocycles. The Bertz CT molecular complexity index is 405. The summed E-state index contributed by atoms with van der Waals surface area (Å²) in [4.78, 5) is 11.6. The number of hydrogen-bond acceptors (Lipinski definition) is 4. The first kappa shape index (κ1) is 14.4. The first-order valence-electron chi connectivity index (χ1n) is 6.41. The van der Waals surface area contributed by atoms with Crippen molar-refractivity contribution in [2.24, 2.45) is 0 Å². The van der Waals surface area contributed by atoms with E-state index >= 15 is 0 Å². The Morgan fingerprint density at radius 3 is 2.72 bits per heavy atom. The van der Waals surface area contributed by atoms with Gasteiger partial charge in [-0.15, -0.1) is 0 Å². The van der Waals surface area contributed by atoms with Crippen LogP contribution in [0.15, 0.2) is 18.2 Å². The van der Waals surface area contributed by atoms with Crippen molar-refractivity contribution in [2.45, 2.75) is 39.7 Å². The molecule has 3 N–H and O–H groups in total. The van der Waals surface area contributed by atoms with E-state index in [4.69, 9.17) is 10.5 Å². The molecule has 1 aromatic carbocycles. The fraction of sp³-hybridized carbons (Fsp3) is 0.500. The molecule has 0 aliphatic rings. The molecule has 0 saturated carbocycles. The van der Waals surface area contributed by atoms with Gasteiger partial charge in [0.2, 0.25) is 0 Å². The third-order valence-electron chi connectivity index (χ3n) is 2.74. The lowest BCUT2D eigenvalue weighted by Gasteiger charge is -2.15. The van der Waals surface area contributed by atoms with Crippen LogP contribution in [-0.2, 0) is 4.74 Å². The molecule has 0 fully saturated rings. The Morgan fingerprint density at radius 2 is 2.17 bits per heavy atom. The van der Waals surface area contributed by atoms with Gasteiger partial charge in [0.05, 0.1) is 23.5 Å². The number of ether oxygens (including phenoxy) is 1. The van der Waals surface area contributed by atoms with Gasteiger partial charge in [0.25, 0.3) is 0 Å². The highest BCUT2D eigenvalue weighted by Gasteiger charge is 2.10. The molecule has 0 aromatic heterocycles. The molecule has 0 saturated heterocycles. The monoisotopic (exact) mass is 250 g/mol. The lowest BCUT2D eigenvalue weighted by Crippen LogP contribution is -2.15. The molecule has 0 unspecified atom stereocenters. The van der Waals surface area contributed by atoms with Gasteiger partial charge in [-0.25, -0.2) is 4.79 Å². The van der Waals surface area contributed by atoms with Gasteiger partial charge >= 0.3 is 5.97 Å². The fourth-order valence-electron chi connectivity index (χ4n) is 1.47. The van der Waals surface area contributed by atoms with Gasteiger partial charge in [-0.2, -0.15) is 0 Å². The minimum atomic E-state index is -0.321. The first-order chi connectivity index (χ1) is 8.58. The van der Waals surface area contributed by atoms with Gasteiger partial charge in [0.1, 0.15) is 0 Å². The second-order valence-corrected chi connectivity index (χ2v) is 4.39. The maximum atomic E-state index is 11.6. The molecule has 4 nitrogen and oxygen atoms in total. The summed E-state index contributed by atoms with van der Waals surface area (Å²) in [5, 5.41) is 3.29. The van der Waals surface area contributed by atoms with E-state index in [0.717, 1.165) is 18.5 Å². The summed E-state index contributed by atoms with van der Waals surface area (Å²) in [7, 11) is 0. The van der Waals surface area contributed by atoms with Crippen molar-refractivity contribution in [3.05, 3.63) is 23.8 Å². The highest BCUT2D eigenvalue weighted by atomic mass is 16.5. The van der Waals surface area contributed by atoms with Crippen LogP contribution in [0.4, 0.5) is 11.4 Å². The molecule has 1 atom stereocenters. The summed E-state index contributed by atoms with van der Waals surface area (Å²) in [6, 6.07) is 5.57. The second kappa shape index (κ2) is 6.89. The molecule has 18 heavy (non-hydrogen) atoms. The van der Waals surface area contributed by atoms with Crippen molar-refractivity contribution < 1.29 is 9.53 Å². The molecule has 1 rings (SSSR count). The van der Waals surface area contributed by atoms with Crippen LogP contribution in [-0.4, -0.2) is 18.6 Å². The van der Waals surface area contributed by atoms with Gasteiger partial charge in [0, 0.05) is 6.04 Å². The van der Waals surface area contributed by atoms with Crippen LogP contribution in [0.2, 0.25) is 0 Å². The minimum Gasteiger partial charge on any atom is -0.462 e. The number of carbonyl (C=O) groups is 1. The van der Waals surface area contributed by atoms with Crippen LogP contribution in [0.1, 0.15) is 44.0 Å². The zero-order valence-electron chi connectivity index (χ0n) is 11.3. The molecule has 0 aliphatic carbocycles. The number of esters is 1. The molecule has 100 valence electrons. The predicted octanol–water partition coefficient (Wildman–Crippen LogP) is 3.05. The van der Waals surface area contributed by atoms with E-state index < -0.39 is 0 Å². The number of rotatable bonds is 6. The maximum absolute atomic E-state index is 11.6. The SMILES string of the molecule is CCCOC(=O)c1ccc(N[C@H](C)CC)c(N)c1. The molecule has 0 spiro atoms. The van der Waals surface area contributed by atoms with Crippen LogP contribution < -0.4 is 11.1 Å². The Morgan fingerprint density at radius 1 is 1.44 bits per heavy atom. The van der Waals surface area contributed by atoms with Gasteiger partial charge in [-0.3, -0.25) is 0 Å². The number of nitrogen functional groups attached to an aromatic ring is 1. The summed E-state index contributed by atoms with van der Waals surface area (Å²) in [6.07, 6.45) is 1.83. The molecule has 1 aromatic rings. The number of hydrogen-bond donors (Lipinski definition) is 2. The molecule has 0 radical (unpaired) electrons.